The van der Waals surface area contributed by atoms with E-state index < -0.39 is 281 Å². The summed E-state index contributed by atoms with van der Waals surface area (Å²) in [6.45, 7) is 12.3. The van der Waals surface area contributed by atoms with E-state index in [1.54, 1.807) is 13.8 Å². The molecule has 6 aliphatic heterocycles. The Balaban J connectivity index is 1.04. The molecule has 724 valence electrons. The number of carbonyl (C=O) groups is 11. The number of amides is 10. The molecule has 0 spiro atoms. The second kappa shape index (κ2) is 43.6. The fraction of sp³-hybridized carbons (Fsp3) is 0.580. The molecule has 5 aromatic rings. The average molecular weight is 1990 g/mol. The summed E-state index contributed by atoms with van der Waals surface area (Å²) in [5.41, 5.74) is -3.25. The maximum atomic E-state index is 16.0. The van der Waals surface area contributed by atoms with E-state index in [1.807, 2.05) is 0 Å². The van der Waals surface area contributed by atoms with Crippen molar-refractivity contribution in [2.24, 2.45) is 21.6 Å². The molecule has 5 aromatic heterocycles. The van der Waals surface area contributed by atoms with Gasteiger partial charge in [-0.2, -0.15) is 0 Å². The minimum absolute atomic E-state index is 0.0000366. The quantitative estimate of drug-likeness (QED) is 0.0371. The number of aliphatic imine (C=N–C) groups is 2. The van der Waals surface area contributed by atoms with Gasteiger partial charge >= 0.3 is 5.97 Å². The molecule has 7 aliphatic rings. The number of nitrogens with two attached hydrogens (primary N) is 1. The summed E-state index contributed by atoms with van der Waals surface area (Å²) in [6.07, 6.45) is -17.5. The third-order valence-electron chi connectivity index (χ3n) is 23.7. The van der Waals surface area contributed by atoms with Gasteiger partial charge in [0, 0.05) is 44.3 Å². The second-order valence-corrected chi connectivity index (χ2v) is 40.0. The van der Waals surface area contributed by atoms with Gasteiger partial charge in [-0.3, -0.25) is 63.2 Å². The molecule has 13 bridgehead atoms. The Labute approximate surface area is 788 Å². The van der Waals surface area contributed by atoms with Crippen molar-refractivity contribution in [2.75, 3.05) is 30.5 Å². The number of hydrogen-bond acceptors (Lipinski definition) is 42. The van der Waals surface area contributed by atoms with E-state index in [2.05, 4.69) is 73.1 Å². The van der Waals surface area contributed by atoms with Crippen LogP contribution in [0.25, 0.3) is 6.08 Å². The molecular weight excluding hydrogens is 1880 g/mol. The lowest BCUT2D eigenvalue weighted by Gasteiger charge is -2.41. The zero-order valence-electron chi connectivity index (χ0n) is 73.0. The van der Waals surface area contributed by atoms with E-state index in [-0.39, 0.29) is 83.3 Å². The first-order chi connectivity index (χ1) is 62.9. The van der Waals surface area contributed by atoms with Crippen LogP contribution in [0.2, 0.25) is 0 Å². The van der Waals surface area contributed by atoms with Crippen molar-refractivity contribution in [2.45, 2.75) is 256 Å². The largest absolute Gasteiger partial charge is 0.455 e. The summed E-state index contributed by atoms with van der Waals surface area (Å²) >= 11 is 5.54. The maximum absolute atomic E-state index is 16.0. The molecule has 29 atom stereocenters. The molecule has 0 aromatic carbocycles. The van der Waals surface area contributed by atoms with E-state index in [1.165, 1.54) is 101 Å². The molecule has 10 amide bonds. The standard InChI is InChI=1S/C81H106N18O27S7/c1-11-27(3)49-70(120)84-28(4)63(113)90-42(25-132-78-59(111)57(109)55(107)48(19-101)126-78)65(115)83-29(5)64(114)99-81-16-15-38(73-93-43(22-128-73)66(116)89-41(62(82)112)21-131-77-58(110)56(108)54(106)47(18-100)125-77)87-60(81)40-20-129-74(91-40)51(32(8)124-76(122)39-17-35(30(6)102)34-13-14-37(85-49)53(105)52(34)86-39)97-67(117)44-24-130-75(94-44)61(80(10,123)33(9)104)98-69(119)45-23-127-72(92-45)36(12-2)88-71(121)50(31(7)103)96-68(118)46-26-133-79(81)95-46/h12-14,17,20,22,24,26-33,37,41-42,45,47-51,53-61,77-78,85,100-111,123H,11,15-16,18-19,21,23,25H2,1-10H3,(H2,82,112)(H,83,115)(H,84,120)(H,88,121)(H,89,116)(H,90,113)(H,96,118)(H,97,117)(H,98,119)(H,99,114)/b36-12-/t27-,28-,29-,30-,31+,32+,33+,37?,41?,42?,45-,47?,48?,49-,50-,51-,53-,54?,55?,56?,57?,58?,59?,60+,61+,77?,78?,80+,81?/m0/s1. The first-order valence-electron chi connectivity index (χ1n) is 42.2. The number of ether oxygens (including phenoxy) is 3. The van der Waals surface area contributed by atoms with Crippen LogP contribution in [0.15, 0.2) is 55.4 Å². The average Bonchev–Trinajstić information content (AvgIpc) is 1.70. The second-order valence-electron chi connectivity index (χ2n) is 33.2. The van der Waals surface area contributed by atoms with E-state index in [9.17, 15) is 95.2 Å². The van der Waals surface area contributed by atoms with Crippen LogP contribution in [0.5, 0.6) is 0 Å². The van der Waals surface area contributed by atoms with Gasteiger partial charge in [-0.05, 0) is 85.8 Å². The van der Waals surface area contributed by atoms with Gasteiger partial charge in [-0.15, -0.1) is 80.6 Å². The van der Waals surface area contributed by atoms with Gasteiger partial charge in [0.05, 0.1) is 66.4 Å². The summed E-state index contributed by atoms with van der Waals surface area (Å²) in [4.78, 5) is 197. The molecule has 12 rings (SSSR count). The number of fused-ring (bicyclic) bond motifs is 7. The molecule has 45 nitrogen and oxygen atoms in total. The number of rotatable bonds is 18. The number of aliphatic hydroxyl groups excluding tert-OH is 12. The Morgan fingerprint density at radius 3 is 1.98 bits per heavy atom. The summed E-state index contributed by atoms with van der Waals surface area (Å²) in [5.74, 6) is -12.9. The molecule has 0 radical (unpaired) electrons. The molecule has 133 heavy (non-hydrogen) atoms. The van der Waals surface area contributed by atoms with Crippen LogP contribution in [-0.2, 0) is 53.3 Å². The van der Waals surface area contributed by atoms with Crippen LogP contribution in [0.3, 0.4) is 0 Å². The lowest BCUT2D eigenvalue weighted by atomic mass is 9.80. The highest BCUT2D eigenvalue weighted by Gasteiger charge is 2.53. The third-order valence-corrected chi connectivity index (χ3v) is 31.0. The number of thiazole rings is 4. The number of nitrogens with zero attached hydrogens (tertiary/aromatic N) is 7. The van der Waals surface area contributed by atoms with Crippen LogP contribution in [0, 0.1) is 5.92 Å². The first kappa shape index (κ1) is 103. The Morgan fingerprint density at radius 1 is 0.699 bits per heavy atom. The number of esters is 1. The maximum Gasteiger partial charge on any atom is 0.357 e. The van der Waals surface area contributed by atoms with Gasteiger partial charge in [0.1, 0.15) is 185 Å². The number of allylic oxidation sites excluding steroid dienone is 1. The number of primary amides is 1. The van der Waals surface area contributed by atoms with Crippen LogP contribution >= 0.6 is 80.6 Å². The van der Waals surface area contributed by atoms with Gasteiger partial charge in [0.25, 0.3) is 17.7 Å². The van der Waals surface area contributed by atoms with Crippen LogP contribution in [0.4, 0.5) is 0 Å². The highest BCUT2D eigenvalue weighted by molar-refractivity contribution is 8.14. The van der Waals surface area contributed by atoms with Gasteiger partial charge < -0.3 is 134 Å². The smallest absolute Gasteiger partial charge is 0.357 e. The van der Waals surface area contributed by atoms with Crippen LogP contribution in [-0.4, -0.2) is 330 Å². The van der Waals surface area contributed by atoms with Crippen LogP contribution < -0.4 is 58.9 Å². The number of cyclic esters (lactones) is 1. The summed E-state index contributed by atoms with van der Waals surface area (Å²) in [5, 5.41) is 175. The number of pyridine rings is 1. The number of aliphatic hydroxyl groups is 13. The van der Waals surface area contributed by atoms with Gasteiger partial charge in [0.2, 0.25) is 41.4 Å². The Bertz CT molecular complexity index is 5300. The summed E-state index contributed by atoms with van der Waals surface area (Å²) < 4.78 is 17.7. The van der Waals surface area contributed by atoms with E-state index in [4.69, 9.17) is 34.9 Å². The fourth-order valence-corrected chi connectivity index (χ4v) is 22.5. The molecule has 14 unspecified atom stereocenters. The zero-order chi connectivity index (χ0) is 97.0. The monoisotopic (exact) mass is 1990 g/mol. The van der Waals surface area contributed by atoms with Crippen molar-refractivity contribution in [3.8, 4) is 0 Å². The number of nitrogens with one attached hydrogen (secondary N) is 10. The highest BCUT2D eigenvalue weighted by Crippen LogP contribution is 2.48. The summed E-state index contributed by atoms with van der Waals surface area (Å²) in [6, 6.07) is -15.8. The molecule has 52 heteroatoms. The zero-order valence-corrected chi connectivity index (χ0v) is 78.7. The molecule has 2 fully saturated rings. The molecule has 1 aliphatic carbocycles. The number of thioether (sulfide) groups is 3. The van der Waals surface area contributed by atoms with Crippen molar-refractivity contribution in [3.05, 3.63) is 111 Å². The predicted octanol–water partition coefficient (Wildman–Crippen LogP) is -4.08. The highest BCUT2D eigenvalue weighted by atomic mass is 32.2. The Hall–Kier alpha value is -8.93. The molecule has 11 heterocycles. The van der Waals surface area contributed by atoms with Crippen molar-refractivity contribution in [1.82, 2.24) is 78.1 Å². The van der Waals surface area contributed by atoms with E-state index in [0.29, 0.717) is 29.9 Å². The van der Waals surface area contributed by atoms with Crippen molar-refractivity contribution < 1.29 is 133 Å². The van der Waals surface area contributed by atoms with Crippen molar-refractivity contribution in [1.29, 1.82) is 0 Å². The van der Waals surface area contributed by atoms with Gasteiger partial charge in [0.15, 0.2) is 0 Å². The SMILES string of the molecule is C/C=C1\NC(=O)[C@H]([C@@H](C)O)NC(=O)c2csc(n2)C23CCC(c4nc(C(=O)NC(CSC5OC(CO)C(O)C(O)C5O)C(N)=O)cs4)=N[C@@H]2c2csc(n2)[C@@H](NC(=O)c2csc(n2)[C@H]([C@](C)(O)[C@@H](C)O)NC(=O)[C@@H]2CSC1=N2)[C@@H](C)OC(=O)c1cc([C@H](C)O)c2c(n1)[C@@H](O)C(C=C2)N[C@@H]([C@@H](C)CC)C(=O)N[C@@H](C)C(=O)NC(CSC1OC(CO)C(O)C(O)C1O)C(=O)N[C@@H](C)C(=O)N3. The van der Waals surface area contributed by atoms with Crippen molar-refractivity contribution in [3.63, 3.8) is 0 Å². The number of carbonyl (C=O) groups excluding carboxylic acids is 11. The van der Waals surface area contributed by atoms with Crippen LogP contribution in [0.1, 0.15) is 203 Å². The van der Waals surface area contributed by atoms with Gasteiger partial charge in [-0.25, -0.2) is 29.7 Å². The normalized spacial score (nSPS) is 32.7. The lowest BCUT2D eigenvalue weighted by molar-refractivity contribution is -0.205. The lowest BCUT2D eigenvalue weighted by Crippen LogP contribution is -2.61. The van der Waals surface area contributed by atoms with E-state index >= 15 is 24.0 Å². The van der Waals surface area contributed by atoms with Crippen molar-refractivity contribution >= 4 is 163 Å². The topological polar surface area (TPSA) is 714 Å². The van der Waals surface area contributed by atoms with Gasteiger partial charge in [-0.1, -0.05) is 38.5 Å². The Morgan fingerprint density at radius 2 is 1.34 bits per heavy atom. The molecule has 2 saturated heterocycles. The molecular formula is C81H106N18O27S7. The minimum Gasteiger partial charge on any atom is -0.455 e. The minimum atomic E-state index is -2.25. The molecule has 0 saturated carbocycles. The molecule has 25 N–H and O–H groups in total. The predicted molar refractivity (Wildman–Crippen MR) is 483 cm³/mol. The Kier molecular flexibility index (Phi) is 33.8. The first-order valence-corrected chi connectivity index (χ1v) is 48.8. The number of hydrogen-bond donors (Lipinski definition) is 24. The third kappa shape index (κ3) is 22.7. The fourth-order valence-electron chi connectivity index (χ4n) is 15.2. The summed E-state index contributed by atoms with van der Waals surface area (Å²) in [7, 11) is 0. The van der Waals surface area contributed by atoms with E-state index in [0.717, 1.165) is 57.1 Å². The number of aromatic nitrogens is 5.